The quantitative estimate of drug-likeness (QED) is 0.806. The minimum absolute atomic E-state index is 0. The minimum Gasteiger partial charge on any atom is -0.351 e. The first-order chi connectivity index (χ1) is 9.32. The fraction of sp³-hybridized carbons (Fsp3) is 0.533. The molecule has 1 rings (SSSR count). The predicted octanol–water partition coefficient (Wildman–Crippen LogP) is 1.78. The second-order valence-corrected chi connectivity index (χ2v) is 5.94. The van der Waals surface area contributed by atoms with Crippen LogP contribution in [0.2, 0.25) is 0 Å². The van der Waals surface area contributed by atoms with E-state index in [-0.39, 0.29) is 29.5 Å². The highest BCUT2D eigenvalue weighted by molar-refractivity contribution is 5.85. The smallest absolute Gasteiger partial charge is 0.234 e. The van der Waals surface area contributed by atoms with Gasteiger partial charge in [0.25, 0.3) is 0 Å². The van der Waals surface area contributed by atoms with Crippen molar-refractivity contribution in [2.24, 2.45) is 11.1 Å². The van der Waals surface area contributed by atoms with Crippen LogP contribution in [0.25, 0.3) is 0 Å². The van der Waals surface area contributed by atoms with Crippen molar-refractivity contribution in [1.82, 2.24) is 10.2 Å². The van der Waals surface area contributed by atoms with Gasteiger partial charge in [0.2, 0.25) is 5.91 Å². The van der Waals surface area contributed by atoms with E-state index in [1.54, 1.807) is 12.1 Å². The van der Waals surface area contributed by atoms with Gasteiger partial charge in [-0.3, -0.25) is 9.69 Å². The topological polar surface area (TPSA) is 58.4 Å². The lowest BCUT2D eigenvalue weighted by Crippen LogP contribution is -2.41. The molecule has 6 heteroatoms. The number of hydrogen-bond donors (Lipinski definition) is 2. The monoisotopic (exact) mass is 317 g/mol. The fourth-order valence-corrected chi connectivity index (χ4v) is 1.96. The summed E-state index contributed by atoms with van der Waals surface area (Å²) < 4.78 is 12.7. The first-order valence-electron chi connectivity index (χ1n) is 6.72. The summed E-state index contributed by atoms with van der Waals surface area (Å²) in [5.74, 6) is -0.325. The van der Waals surface area contributed by atoms with Gasteiger partial charge >= 0.3 is 0 Å². The van der Waals surface area contributed by atoms with Crippen LogP contribution in [-0.4, -0.2) is 37.5 Å². The van der Waals surface area contributed by atoms with E-state index in [4.69, 9.17) is 5.73 Å². The molecule has 0 aliphatic carbocycles. The van der Waals surface area contributed by atoms with E-state index in [9.17, 15) is 9.18 Å². The Hall–Kier alpha value is -1.17. The molecule has 0 saturated carbocycles. The van der Waals surface area contributed by atoms with Crippen LogP contribution in [0.1, 0.15) is 19.4 Å². The molecule has 21 heavy (non-hydrogen) atoms. The van der Waals surface area contributed by atoms with Crippen molar-refractivity contribution in [3.8, 4) is 0 Å². The van der Waals surface area contributed by atoms with Gasteiger partial charge < -0.3 is 11.1 Å². The first kappa shape index (κ1) is 19.8. The Bertz CT molecular complexity index is 437. The van der Waals surface area contributed by atoms with Crippen molar-refractivity contribution in [3.05, 3.63) is 35.6 Å². The van der Waals surface area contributed by atoms with E-state index in [0.717, 1.165) is 12.1 Å². The molecule has 3 N–H and O–H groups in total. The van der Waals surface area contributed by atoms with Crippen LogP contribution in [0.15, 0.2) is 24.3 Å². The predicted molar refractivity (Wildman–Crippen MR) is 85.8 cm³/mol. The third kappa shape index (κ3) is 7.99. The lowest BCUT2D eigenvalue weighted by atomic mass is 9.93. The van der Waals surface area contributed by atoms with Gasteiger partial charge in [0.1, 0.15) is 5.82 Å². The average molecular weight is 318 g/mol. The molecule has 0 saturated heterocycles. The molecule has 1 aromatic rings. The third-order valence-corrected chi connectivity index (χ3v) is 3.07. The molecule has 0 atom stereocenters. The number of carbonyl (C=O) groups is 1. The number of rotatable bonds is 7. The summed E-state index contributed by atoms with van der Waals surface area (Å²) in [6, 6.07) is 6.10. The average Bonchev–Trinajstić information content (AvgIpc) is 2.37. The van der Waals surface area contributed by atoms with Gasteiger partial charge in [-0.2, -0.15) is 0 Å². The molecule has 0 aliphatic heterocycles. The molecule has 1 amide bonds. The highest BCUT2D eigenvalue weighted by Crippen LogP contribution is 2.13. The van der Waals surface area contributed by atoms with Crippen molar-refractivity contribution in [3.63, 3.8) is 0 Å². The zero-order valence-electron chi connectivity index (χ0n) is 12.9. The highest BCUT2D eigenvalue weighted by Gasteiger charge is 2.19. The molecule has 0 radical (unpaired) electrons. The van der Waals surface area contributed by atoms with E-state index < -0.39 is 0 Å². The SMILES string of the molecule is CN(CC(=O)NCc1ccc(F)cc1)CC(C)(C)CN.Cl. The Labute approximate surface area is 132 Å². The summed E-state index contributed by atoms with van der Waals surface area (Å²) >= 11 is 0. The van der Waals surface area contributed by atoms with Gasteiger partial charge in [0.05, 0.1) is 6.54 Å². The Kier molecular flexibility index (Phi) is 8.47. The third-order valence-electron chi connectivity index (χ3n) is 3.07. The second-order valence-electron chi connectivity index (χ2n) is 5.94. The molecule has 120 valence electrons. The molecule has 0 aliphatic rings. The molecule has 0 unspecified atom stereocenters. The van der Waals surface area contributed by atoms with Crippen molar-refractivity contribution < 1.29 is 9.18 Å². The van der Waals surface area contributed by atoms with Gasteiger partial charge in [0.15, 0.2) is 0 Å². The number of hydrogen-bond acceptors (Lipinski definition) is 3. The number of nitrogens with two attached hydrogens (primary N) is 1. The zero-order chi connectivity index (χ0) is 15.2. The normalized spacial score (nSPS) is 11.1. The number of nitrogens with zero attached hydrogens (tertiary/aromatic N) is 1. The van der Waals surface area contributed by atoms with Crippen LogP contribution in [0, 0.1) is 11.2 Å². The Morgan fingerprint density at radius 1 is 1.33 bits per heavy atom. The molecule has 4 nitrogen and oxygen atoms in total. The van der Waals surface area contributed by atoms with E-state index in [1.807, 2.05) is 11.9 Å². The van der Waals surface area contributed by atoms with E-state index in [0.29, 0.717) is 19.6 Å². The standard InChI is InChI=1S/C15H24FN3O.ClH/c1-15(2,10-17)11-19(3)9-14(20)18-8-12-4-6-13(16)7-5-12;/h4-7H,8-11,17H2,1-3H3,(H,18,20);1H. The minimum atomic E-state index is -0.274. The van der Waals surface area contributed by atoms with E-state index in [2.05, 4.69) is 19.2 Å². The summed E-state index contributed by atoms with van der Waals surface area (Å²) in [4.78, 5) is 13.8. The van der Waals surface area contributed by atoms with E-state index >= 15 is 0 Å². The number of benzene rings is 1. The van der Waals surface area contributed by atoms with Crippen molar-refractivity contribution in [2.75, 3.05) is 26.7 Å². The second kappa shape index (κ2) is 8.97. The summed E-state index contributed by atoms with van der Waals surface area (Å²) in [5.41, 5.74) is 6.55. The summed E-state index contributed by atoms with van der Waals surface area (Å²) in [5, 5.41) is 2.82. The van der Waals surface area contributed by atoms with Crippen molar-refractivity contribution in [2.45, 2.75) is 20.4 Å². The van der Waals surface area contributed by atoms with E-state index in [1.165, 1.54) is 12.1 Å². The summed E-state index contributed by atoms with van der Waals surface area (Å²) in [7, 11) is 1.90. The van der Waals surface area contributed by atoms with Crippen molar-refractivity contribution >= 4 is 18.3 Å². The lowest BCUT2D eigenvalue weighted by molar-refractivity contribution is -0.122. The largest absolute Gasteiger partial charge is 0.351 e. The first-order valence-corrected chi connectivity index (χ1v) is 6.72. The van der Waals surface area contributed by atoms with Crippen LogP contribution in [-0.2, 0) is 11.3 Å². The molecule has 0 bridgehead atoms. The van der Waals surface area contributed by atoms with Crippen LogP contribution in [0.3, 0.4) is 0 Å². The van der Waals surface area contributed by atoms with Crippen LogP contribution < -0.4 is 11.1 Å². The van der Waals surface area contributed by atoms with Crippen LogP contribution >= 0.6 is 12.4 Å². The lowest BCUT2D eigenvalue weighted by Gasteiger charge is -2.28. The maximum atomic E-state index is 12.7. The molecule has 0 aromatic heterocycles. The van der Waals surface area contributed by atoms with Crippen LogP contribution in [0.5, 0.6) is 0 Å². The molecule has 0 spiro atoms. The maximum Gasteiger partial charge on any atom is 0.234 e. The fourth-order valence-electron chi connectivity index (χ4n) is 1.96. The maximum absolute atomic E-state index is 12.7. The summed E-state index contributed by atoms with van der Waals surface area (Å²) in [6.45, 7) is 6.21. The Morgan fingerprint density at radius 3 is 2.43 bits per heavy atom. The van der Waals surface area contributed by atoms with Crippen LogP contribution in [0.4, 0.5) is 4.39 Å². The van der Waals surface area contributed by atoms with Gasteiger partial charge in [0, 0.05) is 13.1 Å². The highest BCUT2D eigenvalue weighted by atomic mass is 35.5. The van der Waals surface area contributed by atoms with Gasteiger partial charge in [-0.05, 0) is 36.7 Å². The molecule has 0 heterocycles. The summed E-state index contributed by atoms with van der Waals surface area (Å²) in [6.07, 6.45) is 0. The Balaban J connectivity index is 0.00000400. The van der Waals surface area contributed by atoms with Gasteiger partial charge in [-0.15, -0.1) is 12.4 Å². The number of amides is 1. The van der Waals surface area contributed by atoms with Gasteiger partial charge in [-0.25, -0.2) is 4.39 Å². The van der Waals surface area contributed by atoms with Gasteiger partial charge in [-0.1, -0.05) is 26.0 Å². The number of halogens is 2. The molecular weight excluding hydrogens is 293 g/mol. The number of carbonyl (C=O) groups excluding carboxylic acids is 1. The molecule has 0 fully saturated rings. The molecule has 1 aromatic carbocycles. The Morgan fingerprint density at radius 2 is 1.90 bits per heavy atom. The molecular formula is C15H25ClFN3O. The number of likely N-dealkylation sites (N-methyl/N-ethyl adjacent to an activating group) is 1. The number of nitrogens with one attached hydrogen (secondary N) is 1. The van der Waals surface area contributed by atoms with Crippen molar-refractivity contribution in [1.29, 1.82) is 0 Å². The zero-order valence-corrected chi connectivity index (χ0v) is 13.7.